The van der Waals surface area contributed by atoms with Crippen molar-refractivity contribution in [3.8, 4) is 0 Å². The van der Waals surface area contributed by atoms with Crippen molar-refractivity contribution in [2.24, 2.45) is 0 Å². The third-order valence-electron chi connectivity index (χ3n) is 3.03. The van der Waals surface area contributed by atoms with Crippen LogP contribution in [-0.2, 0) is 14.3 Å². The fourth-order valence-electron chi connectivity index (χ4n) is 1.78. The Morgan fingerprint density at radius 1 is 1.29 bits per heavy atom. The summed E-state index contributed by atoms with van der Waals surface area (Å²) in [5.41, 5.74) is 1.80. The first-order chi connectivity index (χ1) is 10.0. The van der Waals surface area contributed by atoms with E-state index in [0.29, 0.717) is 6.54 Å². The fourth-order valence-corrected chi connectivity index (χ4v) is 1.78. The van der Waals surface area contributed by atoms with E-state index in [1.165, 1.54) is 0 Å². The molecule has 1 N–H and O–H groups in total. The Hall–Kier alpha value is -1.88. The van der Waals surface area contributed by atoms with Crippen LogP contribution in [-0.4, -0.2) is 43.5 Å². The molecule has 0 aliphatic rings. The van der Waals surface area contributed by atoms with E-state index in [2.05, 4.69) is 12.2 Å². The molecule has 0 bridgehead atoms. The average Bonchev–Trinajstić information content (AvgIpc) is 2.44. The summed E-state index contributed by atoms with van der Waals surface area (Å²) in [5.74, 6) is -0.364. The predicted octanol–water partition coefficient (Wildman–Crippen LogP) is 2.21. The Morgan fingerprint density at radius 3 is 2.71 bits per heavy atom. The molecular formula is C16H24N2O3. The van der Waals surface area contributed by atoms with Gasteiger partial charge in [-0.25, -0.2) is 0 Å². The number of nitrogens with zero attached hydrogens (tertiary/aromatic N) is 1. The third-order valence-corrected chi connectivity index (χ3v) is 3.03. The standard InChI is InChI=1S/C16H24N2O3/c1-4-5-9-18(3)16(20)12-21-11-15(19)17-14-8-6-7-13(2)10-14/h6-8,10H,4-5,9,11-12H2,1-3H3,(H,17,19). The fraction of sp³-hybridized carbons (Fsp3) is 0.500. The molecule has 0 aliphatic heterocycles. The van der Waals surface area contributed by atoms with Gasteiger partial charge >= 0.3 is 0 Å². The number of carbonyl (C=O) groups is 2. The van der Waals surface area contributed by atoms with Gasteiger partial charge in [-0.1, -0.05) is 25.5 Å². The molecule has 2 amide bonds. The number of rotatable bonds is 8. The minimum absolute atomic E-state index is 0.0680. The molecule has 116 valence electrons. The molecule has 0 saturated heterocycles. The molecular weight excluding hydrogens is 268 g/mol. The number of hydrogen-bond acceptors (Lipinski definition) is 3. The van der Waals surface area contributed by atoms with Crippen LogP contribution in [0.15, 0.2) is 24.3 Å². The van der Waals surface area contributed by atoms with E-state index in [1.54, 1.807) is 11.9 Å². The number of benzene rings is 1. The van der Waals surface area contributed by atoms with Crippen molar-refractivity contribution in [1.82, 2.24) is 4.90 Å². The first-order valence-electron chi connectivity index (χ1n) is 7.21. The average molecular weight is 292 g/mol. The van der Waals surface area contributed by atoms with Crippen molar-refractivity contribution < 1.29 is 14.3 Å². The number of unbranched alkanes of at least 4 members (excludes halogenated alkanes) is 1. The molecule has 0 atom stereocenters. The van der Waals surface area contributed by atoms with E-state index in [1.807, 2.05) is 31.2 Å². The van der Waals surface area contributed by atoms with Gasteiger partial charge in [0, 0.05) is 19.3 Å². The van der Waals surface area contributed by atoms with Gasteiger partial charge < -0.3 is 15.0 Å². The Kier molecular flexibility index (Phi) is 7.46. The molecule has 0 heterocycles. The summed E-state index contributed by atoms with van der Waals surface area (Å²) < 4.78 is 5.16. The van der Waals surface area contributed by atoms with Crippen LogP contribution in [0.1, 0.15) is 25.3 Å². The Morgan fingerprint density at radius 2 is 2.05 bits per heavy atom. The Bertz CT molecular complexity index is 474. The molecule has 1 rings (SSSR count). The smallest absolute Gasteiger partial charge is 0.250 e. The van der Waals surface area contributed by atoms with E-state index in [-0.39, 0.29) is 25.0 Å². The molecule has 0 radical (unpaired) electrons. The number of ether oxygens (including phenoxy) is 1. The van der Waals surface area contributed by atoms with Crippen LogP contribution in [0.5, 0.6) is 0 Å². The van der Waals surface area contributed by atoms with E-state index in [4.69, 9.17) is 4.74 Å². The molecule has 0 aliphatic carbocycles. The highest BCUT2D eigenvalue weighted by Crippen LogP contribution is 2.09. The zero-order valence-electron chi connectivity index (χ0n) is 13.0. The zero-order valence-corrected chi connectivity index (χ0v) is 13.0. The normalized spacial score (nSPS) is 10.2. The first-order valence-corrected chi connectivity index (χ1v) is 7.21. The van der Waals surface area contributed by atoms with Gasteiger partial charge in [0.15, 0.2) is 0 Å². The maximum absolute atomic E-state index is 11.7. The van der Waals surface area contributed by atoms with Crippen LogP contribution in [0.25, 0.3) is 0 Å². The number of anilines is 1. The van der Waals surface area contributed by atoms with Crippen molar-refractivity contribution >= 4 is 17.5 Å². The third kappa shape index (κ3) is 6.90. The number of nitrogens with one attached hydrogen (secondary N) is 1. The van der Waals surface area contributed by atoms with Crippen LogP contribution in [0.4, 0.5) is 5.69 Å². The lowest BCUT2D eigenvalue weighted by Crippen LogP contribution is -2.32. The second-order valence-electron chi connectivity index (χ2n) is 5.08. The minimum atomic E-state index is -0.260. The summed E-state index contributed by atoms with van der Waals surface area (Å²) in [6.07, 6.45) is 2.01. The van der Waals surface area contributed by atoms with E-state index in [0.717, 1.165) is 24.1 Å². The first kappa shape index (κ1) is 17.2. The molecule has 0 saturated carbocycles. The topological polar surface area (TPSA) is 58.6 Å². The van der Waals surface area contributed by atoms with Crippen LogP contribution in [0.3, 0.4) is 0 Å². The molecule has 21 heavy (non-hydrogen) atoms. The van der Waals surface area contributed by atoms with Crippen LogP contribution in [0, 0.1) is 6.92 Å². The lowest BCUT2D eigenvalue weighted by atomic mass is 10.2. The van der Waals surface area contributed by atoms with Crippen molar-refractivity contribution in [2.75, 3.05) is 32.1 Å². The van der Waals surface area contributed by atoms with Crippen molar-refractivity contribution in [3.05, 3.63) is 29.8 Å². The predicted molar refractivity (Wildman–Crippen MR) is 83.2 cm³/mol. The van der Waals surface area contributed by atoms with Gasteiger partial charge in [0.1, 0.15) is 13.2 Å². The van der Waals surface area contributed by atoms with Gasteiger partial charge in [0.25, 0.3) is 0 Å². The van der Waals surface area contributed by atoms with Gasteiger partial charge in [-0.2, -0.15) is 0 Å². The second kappa shape index (κ2) is 9.13. The molecule has 0 fully saturated rings. The van der Waals surface area contributed by atoms with Gasteiger partial charge in [-0.15, -0.1) is 0 Å². The van der Waals surface area contributed by atoms with Gasteiger partial charge in [-0.3, -0.25) is 9.59 Å². The van der Waals surface area contributed by atoms with Crippen molar-refractivity contribution in [3.63, 3.8) is 0 Å². The van der Waals surface area contributed by atoms with Crippen LogP contribution < -0.4 is 5.32 Å². The van der Waals surface area contributed by atoms with Crippen LogP contribution in [0.2, 0.25) is 0 Å². The summed E-state index contributed by atoms with van der Waals surface area (Å²) in [6.45, 7) is 4.55. The van der Waals surface area contributed by atoms with Gasteiger partial charge in [0.05, 0.1) is 0 Å². The molecule has 0 unspecified atom stereocenters. The zero-order chi connectivity index (χ0) is 15.7. The Balaban J connectivity index is 2.26. The SMILES string of the molecule is CCCCN(C)C(=O)COCC(=O)Nc1cccc(C)c1. The minimum Gasteiger partial charge on any atom is -0.362 e. The molecule has 5 heteroatoms. The summed E-state index contributed by atoms with van der Waals surface area (Å²) >= 11 is 0. The molecule has 5 nitrogen and oxygen atoms in total. The summed E-state index contributed by atoms with van der Waals surface area (Å²) in [7, 11) is 1.74. The van der Waals surface area contributed by atoms with Crippen LogP contribution >= 0.6 is 0 Å². The summed E-state index contributed by atoms with van der Waals surface area (Å²) in [6, 6.07) is 7.52. The lowest BCUT2D eigenvalue weighted by Gasteiger charge is -2.16. The maximum atomic E-state index is 11.7. The monoisotopic (exact) mass is 292 g/mol. The molecule has 1 aromatic carbocycles. The summed E-state index contributed by atoms with van der Waals surface area (Å²) in [5, 5.41) is 2.73. The molecule has 0 spiro atoms. The number of amides is 2. The maximum Gasteiger partial charge on any atom is 0.250 e. The number of carbonyl (C=O) groups excluding carboxylic acids is 2. The number of hydrogen-bond donors (Lipinski definition) is 1. The number of aryl methyl sites for hydroxylation is 1. The quantitative estimate of drug-likeness (QED) is 0.799. The highest BCUT2D eigenvalue weighted by molar-refractivity contribution is 5.91. The Labute approximate surface area is 126 Å². The van der Waals surface area contributed by atoms with E-state index in [9.17, 15) is 9.59 Å². The lowest BCUT2D eigenvalue weighted by molar-refractivity contribution is -0.136. The molecule has 1 aromatic rings. The molecule has 0 aromatic heterocycles. The van der Waals surface area contributed by atoms with Crippen molar-refractivity contribution in [1.29, 1.82) is 0 Å². The van der Waals surface area contributed by atoms with Crippen molar-refractivity contribution in [2.45, 2.75) is 26.7 Å². The number of likely N-dealkylation sites (N-methyl/N-ethyl adjacent to an activating group) is 1. The highest BCUT2D eigenvalue weighted by Gasteiger charge is 2.09. The van der Waals surface area contributed by atoms with Gasteiger partial charge in [-0.05, 0) is 31.0 Å². The van der Waals surface area contributed by atoms with Gasteiger partial charge in [0.2, 0.25) is 11.8 Å². The van der Waals surface area contributed by atoms with E-state index < -0.39 is 0 Å². The largest absolute Gasteiger partial charge is 0.362 e. The van der Waals surface area contributed by atoms with E-state index >= 15 is 0 Å². The second-order valence-corrected chi connectivity index (χ2v) is 5.08. The summed E-state index contributed by atoms with van der Waals surface area (Å²) in [4.78, 5) is 25.0. The highest BCUT2D eigenvalue weighted by atomic mass is 16.5.